The Morgan fingerprint density at radius 1 is 0.964 bits per heavy atom. The molecule has 1 aliphatic rings. The van der Waals surface area contributed by atoms with Crippen LogP contribution in [0.1, 0.15) is 17.5 Å². The summed E-state index contributed by atoms with van der Waals surface area (Å²) in [4.78, 5) is 4.62. The largest absolute Gasteiger partial charge is 0.435 e. The van der Waals surface area contributed by atoms with Gasteiger partial charge in [0.2, 0.25) is 0 Å². The maximum absolute atomic E-state index is 13.1. The van der Waals surface area contributed by atoms with Crippen molar-refractivity contribution >= 4 is 0 Å². The summed E-state index contributed by atoms with van der Waals surface area (Å²) < 4.78 is 42.0. The second kappa shape index (κ2) is 9.91. The van der Waals surface area contributed by atoms with Crippen molar-refractivity contribution in [1.29, 1.82) is 0 Å². The minimum atomic E-state index is -2.82. The van der Waals surface area contributed by atoms with Gasteiger partial charge in [0.05, 0.1) is 0 Å². The van der Waals surface area contributed by atoms with Crippen LogP contribution in [0.15, 0.2) is 48.5 Å². The molecule has 4 nitrogen and oxygen atoms in total. The van der Waals surface area contributed by atoms with Gasteiger partial charge in [-0.2, -0.15) is 8.78 Å². The van der Waals surface area contributed by atoms with Gasteiger partial charge in [0.1, 0.15) is 11.6 Å². The van der Waals surface area contributed by atoms with Gasteiger partial charge in [0, 0.05) is 45.4 Å². The molecule has 1 unspecified atom stereocenters. The number of hydrogen-bond donors (Lipinski definition) is 1. The average molecular weight is 394 g/mol. The zero-order valence-electron chi connectivity index (χ0n) is 15.6. The summed E-state index contributed by atoms with van der Waals surface area (Å²) in [6, 6.07) is 13.4. The molecule has 0 saturated carbocycles. The first-order chi connectivity index (χ1) is 13.5. The maximum Gasteiger partial charge on any atom is 0.387 e. The molecule has 7 heteroatoms. The van der Waals surface area contributed by atoms with E-state index < -0.39 is 6.61 Å². The Bertz CT molecular complexity index is 725. The Morgan fingerprint density at radius 2 is 1.61 bits per heavy atom. The van der Waals surface area contributed by atoms with Crippen LogP contribution in [0.5, 0.6) is 5.75 Å². The lowest BCUT2D eigenvalue weighted by atomic mass is 10.1. The third kappa shape index (κ3) is 5.95. The Morgan fingerprint density at radius 3 is 2.25 bits per heavy atom. The number of aliphatic hydroxyl groups excluding tert-OH is 1. The highest BCUT2D eigenvalue weighted by Gasteiger charge is 2.26. The number of piperazine rings is 1. The van der Waals surface area contributed by atoms with Crippen molar-refractivity contribution in [2.24, 2.45) is 0 Å². The summed E-state index contributed by atoms with van der Waals surface area (Å²) in [5, 5.41) is 9.45. The second-order valence-electron chi connectivity index (χ2n) is 7.02. The van der Waals surface area contributed by atoms with Gasteiger partial charge < -0.3 is 9.84 Å². The zero-order valence-corrected chi connectivity index (χ0v) is 15.6. The van der Waals surface area contributed by atoms with Crippen molar-refractivity contribution in [3.05, 3.63) is 65.5 Å². The molecule has 0 aromatic heterocycles. The van der Waals surface area contributed by atoms with Crippen LogP contribution in [-0.2, 0) is 13.1 Å². The minimum Gasteiger partial charge on any atom is -0.435 e. The summed E-state index contributed by atoms with van der Waals surface area (Å²) in [7, 11) is 0. The Balaban J connectivity index is 1.57. The zero-order chi connectivity index (χ0) is 19.9. The second-order valence-corrected chi connectivity index (χ2v) is 7.02. The van der Waals surface area contributed by atoms with Gasteiger partial charge in [-0.15, -0.1) is 0 Å². The fourth-order valence-electron chi connectivity index (χ4n) is 3.59. The molecule has 1 atom stereocenters. The molecule has 0 spiro atoms. The molecule has 2 aromatic rings. The summed E-state index contributed by atoms with van der Waals surface area (Å²) >= 11 is 0. The lowest BCUT2D eigenvalue weighted by Crippen LogP contribution is -2.52. The van der Waals surface area contributed by atoms with Gasteiger partial charge in [0.15, 0.2) is 0 Å². The van der Waals surface area contributed by atoms with Gasteiger partial charge in [-0.1, -0.05) is 24.3 Å². The van der Waals surface area contributed by atoms with Crippen LogP contribution in [0.2, 0.25) is 0 Å². The summed E-state index contributed by atoms with van der Waals surface area (Å²) in [5.74, 6) is -0.0912. The van der Waals surface area contributed by atoms with E-state index in [0.29, 0.717) is 13.0 Å². The van der Waals surface area contributed by atoms with Crippen LogP contribution in [0.4, 0.5) is 13.2 Å². The van der Waals surface area contributed by atoms with Gasteiger partial charge in [-0.05, 0) is 41.8 Å². The van der Waals surface area contributed by atoms with Crippen LogP contribution in [0, 0.1) is 5.82 Å². The molecule has 0 radical (unpaired) electrons. The van der Waals surface area contributed by atoms with Crippen LogP contribution in [0.25, 0.3) is 0 Å². The minimum absolute atomic E-state index is 0.109. The maximum atomic E-state index is 13.1. The molecule has 0 bridgehead atoms. The van der Waals surface area contributed by atoms with Crippen molar-refractivity contribution in [2.45, 2.75) is 32.2 Å². The summed E-state index contributed by atoms with van der Waals surface area (Å²) in [6.45, 7) is 1.22. The van der Waals surface area contributed by atoms with Crippen LogP contribution < -0.4 is 4.74 Å². The van der Waals surface area contributed by atoms with E-state index in [0.717, 1.165) is 37.3 Å². The van der Waals surface area contributed by atoms with E-state index in [2.05, 4.69) is 14.5 Å². The van der Waals surface area contributed by atoms with Crippen molar-refractivity contribution in [2.75, 3.05) is 26.2 Å². The fourth-order valence-corrected chi connectivity index (χ4v) is 3.59. The molecule has 0 amide bonds. The van der Waals surface area contributed by atoms with E-state index in [1.54, 1.807) is 36.4 Å². The van der Waals surface area contributed by atoms with Crippen LogP contribution in [0.3, 0.4) is 0 Å². The number of benzene rings is 2. The molecule has 3 rings (SSSR count). The number of nitrogens with zero attached hydrogens (tertiary/aromatic N) is 2. The van der Waals surface area contributed by atoms with Crippen LogP contribution >= 0.6 is 0 Å². The molecule has 1 heterocycles. The van der Waals surface area contributed by atoms with Crippen molar-refractivity contribution in [1.82, 2.24) is 9.80 Å². The van der Waals surface area contributed by atoms with Crippen LogP contribution in [-0.4, -0.2) is 53.8 Å². The van der Waals surface area contributed by atoms with Crippen molar-refractivity contribution in [3.63, 3.8) is 0 Å². The first-order valence-corrected chi connectivity index (χ1v) is 9.39. The average Bonchev–Trinajstić information content (AvgIpc) is 2.67. The predicted molar refractivity (Wildman–Crippen MR) is 101 cm³/mol. The highest BCUT2D eigenvalue weighted by Crippen LogP contribution is 2.20. The molecular weight excluding hydrogens is 369 g/mol. The number of aliphatic hydroxyl groups is 1. The van der Waals surface area contributed by atoms with Crippen molar-refractivity contribution < 1.29 is 23.0 Å². The number of ether oxygens (including phenoxy) is 1. The molecule has 1 saturated heterocycles. The molecule has 1 N–H and O–H groups in total. The highest BCUT2D eigenvalue weighted by molar-refractivity contribution is 5.27. The standard InChI is InChI=1S/C21H25F3N2O2/c22-18-5-1-17(2-6-18)14-26-11-10-25(15-19(26)9-12-27)13-16-3-7-20(8-4-16)28-21(23)24/h1-8,19,21,27H,9-15H2. The topological polar surface area (TPSA) is 35.9 Å². The Labute approximate surface area is 163 Å². The van der Waals surface area contributed by atoms with Gasteiger partial charge in [-0.25, -0.2) is 4.39 Å². The lowest BCUT2D eigenvalue weighted by Gasteiger charge is -2.41. The van der Waals surface area contributed by atoms with E-state index in [1.807, 2.05) is 0 Å². The Hall–Kier alpha value is -2.09. The highest BCUT2D eigenvalue weighted by atomic mass is 19.3. The first-order valence-electron chi connectivity index (χ1n) is 9.39. The summed E-state index contributed by atoms with van der Waals surface area (Å²) in [6.07, 6.45) is 0.666. The first kappa shape index (κ1) is 20.6. The third-order valence-corrected chi connectivity index (χ3v) is 5.00. The third-order valence-electron chi connectivity index (χ3n) is 5.00. The van der Waals surface area contributed by atoms with Gasteiger partial charge in [-0.3, -0.25) is 9.80 Å². The van der Waals surface area contributed by atoms with Crippen molar-refractivity contribution in [3.8, 4) is 5.75 Å². The molecule has 1 fully saturated rings. The molecule has 0 aliphatic carbocycles. The molecular formula is C21H25F3N2O2. The molecule has 2 aromatic carbocycles. The number of hydrogen-bond acceptors (Lipinski definition) is 4. The quantitative estimate of drug-likeness (QED) is 0.744. The fraction of sp³-hybridized carbons (Fsp3) is 0.429. The number of halogens is 3. The van der Waals surface area contributed by atoms with E-state index >= 15 is 0 Å². The lowest BCUT2D eigenvalue weighted by molar-refractivity contribution is -0.0498. The predicted octanol–water partition coefficient (Wildman–Crippen LogP) is 3.50. The normalized spacial score (nSPS) is 18.5. The smallest absolute Gasteiger partial charge is 0.387 e. The number of rotatable bonds is 8. The Kier molecular flexibility index (Phi) is 7.30. The van der Waals surface area contributed by atoms with Gasteiger partial charge >= 0.3 is 6.61 Å². The van der Waals surface area contributed by atoms with Gasteiger partial charge in [0.25, 0.3) is 0 Å². The van der Waals surface area contributed by atoms with E-state index in [-0.39, 0.29) is 24.2 Å². The molecule has 28 heavy (non-hydrogen) atoms. The molecule has 152 valence electrons. The SMILES string of the molecule is OCCC1CN(Cc2ccc(OC(F)F)cc2)CCN1Cc1ccc(F)cc1. The summed E-state index contributed by atoms with van der Waals surface area (Å²) in [5.41, 5.74) is 2.07. The van der Waals surface area contributed by atoms with E-state index in [1.165, 1.54) is 12.1 Å². The van der Waals surface area contributed by atoms with E-state index in [9.17, 15) is 18.3 Å². The van der Waals surface area contributed by atoms with E-state index in [4.69, 9.17) is 0 Å². The number of alkyl halides is 2. The monoisotopic (exact) mass is 394 g/mol. The molecule has 1 aliphatic heterocycles.